The van der Waals surface area contributed by atoms with E-state index in [-0.39, 0.29) is 44.9 Å². The Balaban J connectivity index is 1.23. The Morgan fingerprint density at radius 1 is 0.500 bits per heavy atom. The van der Waals surface area contributed by atoms with Crippen molar-refractivity contribution in [3.8, 4) is 0 Å². The molecule has 3 nitrogen and oxygen atoms in total. The fourth-order valence-corrected chi connectivity index (χ4v) is 16.1. The van der Waals surface area contributed by atoms with E-state index in [9.17, 15) is 0 Å². The summed E-state index contributed by atoms with van der Waals surface area (Å²) in [5.41, 5.74) is 23.7. The standard InChI is InChI=1S/C65H78BN3Si/c1-59(2,3)42-23-27-45(28-24-42)67-54-30-26-44(61(7,8)9)36-51(54)66-52-40-47(70(14,15)16)39-50-58(52)69(64(12)33-20-19-32-62(50,64)10)56-38-46(37-55(67)57(56)66)68-53-29-25-43(60(4,5)6)35-49(53)63(11)34-31-41-21-17-18-22-48(41)65(63,68)13/h17-18,21-30,35-40H,19-20,31-34H2,1-16H3. The minimum atomic E-state index is -1.76. The van der Waals surface area contributed by atoms with Crippen molar-refractivity contribution in [1.82, 2.24) is 0 Å². The first-order valence-electron chi connectivity index (χ1n) is 27.0. The van der Waals surface area contributed by atoms with Crippen LogP contribution >= 0.6 is 0 Å². The third-order valence-electron chi connectivity index (χ3n) is 19.6. The lowest BCUT2D eigenvalue weighted by molar-refractivity contribution is 0.195. The summed E-state index contributed by atoms with van der Waals surface area (Å²) in [6.45, 7) is 39.6. The maximum absolute atomic E-state index is 2.97. The molecule has 6 aliphatic rings. The second-order valence-electron chi connectivity index (χ2n) is 27.7. The van der Waals surface area contributed by atoms with Gasteiger partial charge in [0.15, 0.2) is 0 Å². The topological polar surface area (TPSA) is 9.72 Å². The van der Waals surface area contributed by atoms with Gasteiger partial charge in [-0.3, -0.25) is 0 Å². The van der Waals surface area contributed by atoms with Crippen molar-refractivity contribution in [1.29, 1.82) is 0 Å². The van der Waals surface area contributed by atoms with Crippen LogP contribution in [-0.4, -0.2) is 20.3 Å². The van der Waals surface area contributed by atoms with Gasteiger partial charge < -0.3 is 14.7 Å². The molecule has 0 amide bonds. The minimum Gasteiger partial charge on any atom is -0.335 e. The van der Waals surface area contributed by atoms with Crippen LogP contribution in [0.4, 0.5) is 39.8 Å². The highest BCUT2D eigenvalue weighted by molar-refractivity contribution is 7.01. The van der Waals surface area contributed by atoms with Gasteiger partial charge in [0, 0.05) is 50.6 Å². The summed E-state index contributed by atoms with van der Waals surface area (Å²) in [4.78, 5) is 8.51. The number of anilines is 7. The van der Waals surface area contributed by atoms with Gasteiger partial charge in [-0.05, 0) is 148 Å². The Hall–Kier alpha value is -5.00. The SMILES string of the molecule is CC(C)(C)c1ccc(N2c3ccc(C(C)(C)C)cc3B3c4cc([Si](C)(C)C)cc5c4N(c4cc(N6c7ccc(C(C)(C)C)cc7C7(C)CCc8ccccc8C67C)cc2c43)C2(C)CCCCC52C)cc1. The third kappa shape index (κ3) is 5.99. The van der Waals surface area contributed by atoms with Crippen molar-refractivity contribution < 1.29 is 0 Å². The summed E-state index contributed by atoms with van der Waals surface area (Å²) in [6, 6.07) is 45.0. The average Bonchev–Trinajstić information content (AvgIpc) is 3.64. The van der Waals surface area contributed by atoms with Crippen LogP contribution < -0.4 is 36.3 Å². The average molecular weight is 940 g/mol. The molecule has 6 aromatic carbocycles. The van der Waals surface area contributed by atoms with Gasteiger partial charge in [0.05, 0.1) is 19.2 Å². The smallest absolute Gasteiger partial charge is 0.252 e. The molecule has 5 heteroatoms. The molecule has 0 N–H and O–H groups in total. The normalized spacial score (nSPS) is 25.2. The van der Waals surface area contributed by atoms with Crippen LogP contribution in [0.1, 0.15) is 161 Å². The van der Waals surface area contributed by atoms with E-state index in [1.807, 2.05) is 0 Å². The van der Waals surface area contributed by atoms with Crippen molar-refractivity contribution in [2.45, 2.75) is 186 Å². The lowest BCUT2D eigenvalue weighted by atomic mass is 9.33. The van der Waals surface area contributed by atoms with E-state index in [1.54, 1.807) is 10.8 Å². The number of hydrogen-bond donors (Lipinski definition) is 0. The predicted molar refractivity (Wildman–Crippen MR) is 306 cm³/mol. The zero-order valence-electron chi connectivity index (χ0n) is 45.6. The molecular weight excluding hydrogens is 862 g/mol. The van der Waals surface area contributed by atoms with Gasteiger partial charge in [-0.15, -0.1) is 0 Å². The molecule has 0 spiro atoms. The van der Waals surface area contributed by atoms with Gasteiger partial charge in [-0.25, -0.2) is 0 Å². The van der Waals surface area contributed by atoms with Gasteiger partial charge in [-0.2, -0.15) is 0 Å². The van der Waals surface area contributed by atoms with E-state index in [4.69, 9.17) is 0 Å². The maximum Gasteiger partial charge on any atom is 0.252 e. The highest BCUT2D eigenvalue weighted by Crippen LogP contribution is 2.66. The van der Waals surface area contributed by atoms with Crippen molar-refractivity contribution in [2.75, 3.05) is 14.7 Å². The van der Waals surface area contributed by atoms with Crippen LogP contribution in [0.25, 0.3) is 0 Å². The number of aryl methyl sites for hydroxylation is 1. The Morgan fingerprint density at radius 2 is 1.11 bits per heavy atom. The summed E-state index contributed by atoms with van der Waals surface area (Å²) in [6.07, 6.45) is 7.12. The van der Waals surface area contributed by atoms with Crippen molar-refractivity contribution in [3.63, 3.8) is 0 Å². The fraction of sp³-hybridized carbons (Fsp3) is 0.446. The van der Waals surface area contributed by atoms with E-state index >= 15 is 0 Å². The van der Waals surface area contributed by atoms with Crippen LogP contribution in [0.15, 0.2) is 109 Å². The quantitative estimate of drug-likeness (QED) is 0.163. The molecule has 0 saturated heterocycles. The zero-order valence-corrected chi connectivity index (χ0v) is 46.6. The van der Waals surface area contributed by atoms with Crippen molar-refractivity contribution in [2.24, 2.45) is 0 Å². The minimum absolute atomic E-state index is 0.00567. The highest BCUT2D eigenvalue weighted by Gasteiger charge is 2.63. The van der Waals surface area contributed by atoms with E-state index < -0.39 is 8.07 Å². The van der Waals surface area contributed by atoms with Crippen molar-refractivity contribution in [3.05, 3.63) is 148 Å². The molecule has 6 aromatic rings. The summed E-state index contributed by atoms with van der Waals surface area (Å²) >= 11 is 0. The molecule has 70 heavy (non-hydrogen) atoms. The first-order valence-corrected chi connectivity index (χ1v) is 30.5. The zero-order chi connectivity index (χ0) is 49.7. The molecule has 0 radical (unpaired) electrons. The molecule has 4 unspecified atom stereocenters. The van der Waals surface area contributed by atoms with Gasteiger partial charge in [-0.1, -0.05) is 187 Å². The summed E-state index contributed by atoms with van der Waals surface area (Å²) in [5.74, 6) is 0. The molecule has 1 fully saturated rings. The van der Waals surface area contributed by atoms with Gasteiger partial charge in [0.2, 0.25) is 0 Å². The molecule has 0 aromatic heterocycles. The van der Waals surface area contributed by atoms with Crippen LogP contribution in [0.2, 0.25) is 19.6 Å². The van der Waals surface area contributed by atoms with Gasteiger partial charge >= 0.3 is 0 Å². The molecule has 2 aliphatic carbocycles. The lowest BCUT2D eigenvalue weighted by Crippen LogP contribution is -2.65. The molecule has 4 heterocycles. The van der Waals surface area contributed by atoms with Crippen LogP contribution in [0.3, 0.4) is 0 Å². The molecule has 1 saturated carbocycles. The number of benzene rings is 6. The summed E-state index contributed by atoms with van der Waals surface area (Å²) < 4.78 is 0. The Morgan fingerprint density at radius 3 is 1.79 bits per heavy atom. The molecule has 4 aliphatic heterocycles. The maximum atomic E-state index is 2.97. The molecule has 4 atom stereocenters. The Bertz CT molecular complexity index is 3190. The van der Waals surface area contributed by atoms with E-state index in [2.05, 4.69) is 234 Å². The van der Waals surface area contributed by atoms with Crippen molar-refractivity contribution >= 4 is 76.2 Å². The third-order valence-corrected chi connectivity index (χ3v) is 21.7. The summed E-state index contributed by atoms with van der Waals surface area (Å²) in [5, 5.41) is 1.60. The number of hydrogen-bond acceptors (Lipinski definition) is 3. The van der Waals surface area contributed by atoms with Crippen LogP contribution in [0, 0.1) is 0 Å². The Labute approximate surface area is 423 Å². The predicted octanol–water partition coefficient (Wildman–Crippen LogP) is 14.8. The molecular formula is C65H78BN3Si. The van der Waals surface area contributed by atoms with Gasteiger partial charge in [0.25, 0.3) is 6.71 Å². The van der Waals surface area contributed by atoms with E-state index in [0.29, 0.717) is 0 Å². The monoisotopic (exact) mass is 940 g/mol. The molecule has 0 bridgehead atoms. The summed E-state index contributed by atoms with van der Waals surface area (Å²) in [7, 11) is -1.76. The van der Waals surface area contributed by atoms with E-state index in [1.165, 1.54) is 115 Å². The number of fused-ring (bicyclic) bond motifs is 12. The largest absolute Gasteiger partial charge is 0.335 e. The fourth-order valence-electron chi connectivity index (χ4n) is 14.9. The second kappa shape index (κ2) is 14.4. The number of nitrogens with zero attached hydrogens (tertiary/aromatic N) is 3. The van der Waals surface area contributed by atoms with Crippen LogP contribution in [-0.2, 0) is 39.0 Å². The second-order valence-corrected chi connectivity index (χ2v) is 32.8. The van der Waals surface area contributed by atoms with Crippen LogP contribution in [0.5, 0.6) is 0 Å². The lowest BCUT2D eigenvalue weighted by Gasteiger charge is -2.54. The molecule has 360 valence electrons. The molecule has 12 rings (SSSR count). The van der Waals surface area contributed by atoms with Gasteiger partial charge in [0.1, 0.15) is 0 Å². The first kappa shape index (κ1) is 46.1. The Kier molecular flexibility index (Phi) is 9.46. The first-order chi connectivity index (χ1) is 32.7. The van der Waals surface area contributed by atoms with E-state index in [0.717, 1.165) is 12.8 Å². The highest BCUT2D eigenvalue weighted by atomic mass is 28.3. The number of rotatable bonds is 3.